The monoisotopic (exact) mass is 251 g/mol. The van der Waals surface area contributed by atoms with Crippen LogP contribution in [0.2, 0.25) is 0 Å². The molecule has 98 valence electrons. The number of rotatable bonds is 7. The van der Waals surface area contributed by atoms with Gasteiger partial charge in [0.05, 0.1) is 4.92 Å². The van der Waals surface area contributed by atoms with E-state index in [2.05, 4.69) is 12.2 Å². The summed E-state index contributed by atoms with van der Waals surface area (Å²) in [5.41, 5.74) is 5.53. The van der Waals surface area contributed by atoms with E-state index in [0.29, 0.717) is 12.2 Å². The van der Waals surface area contributed by atoms with Crippen molar-refractivity contribution in [1.29, 1.82) is 0 Å². The van der Waals surface area contributed by atoms with Crippen LogP contribution in [0.5, 0.6) is 0 Å². The van der Waals surface area contributed by atoms with E-state index in [0.717, 1.165) is 19.3 Å². The van der Waals surface area contributed by atoms with Crippen molar-refractivity contribution < 1.29 is 9.72 Å². The number of nitrogens with two attached hydrogens (primary N) is 1. The lowest BCUT2D eigenvalue weighted by Crippen LogP contribution is -2.12. The van der Waals surface area contributed by atoms with Crippen molar-refractivity contribution in [3.63, 3.8) is 0 Å². The highest BCUT2D eigenvalue weighted by atomic mass is 16.6. The van der Waals surface area contributed by atoms with Crippen LogP contribution in [0.25, 0.3) is 0 Å². The van der Waals surface area contributed by atoms with Gasteiger partial charge in [0.1, 0.15) is 5.69 Å². The van der Waals surface area contributed by atoms with E-state index in [-0.39, 0.29) is 11.3 Å². The third-order valence-electron chi connectivity index (χ3n) is 2.57. The van der Waals surface area contributed by atoms with E-state index in [1.54, 1.807) is 0 Å². The Morgan fingerprint density at radius 3 is 2.72 bits per heavy atom. The van der Waals surface area contributed by atoms with Crippen molar-refractivity contribution in [2.24, 2.45) is 5.73 Å². The van der Waals surface area contributed by atoms with Crippen LogP contribution < -0.4 is 11.1 Å². The molecular weight excluding hydrogens is 234 g/mol. The molecule has 1 aromatic rings. The van der Waals surface area contributed by atoms with Crippen LogP contribution in [0.1, 0.15) is 36.5 Å². The number of carbonyl (C=O) groups excluding carboxylic acids is 1. The highest BCUT2D eigenvalue weighted by Crippen LogP contribution is 2.25. The van der Waals surface area contributed by atoms with Gasteiger partial charge in [-0.15, -0.1) is 0 Å². The third kappa shape index (κ3) is 3.73. The Kier molecular flexibility index (Phi) is 5.10. The molecule has 0 aliphatic rings. The lowest BCUT2D eigenvalue weighted by molar-refractivity contribution is -0.384. The van der Waals surface area contributed by atoms with Crippen LogP contribution in [0, 0.1) is 10.1 Å². The topological polar surface area (TPSA) is 98.3 Å². The van der Waals surface area contributed by atoms with Gasteiger partial charge in [0.15, 0.2) is 0 Å². The van der Waals surface area contributed by atoms with E-state index in [1.807, 2.05) is 0 Å². The number of nitrogens with one attached hydrogen (secondary N) is 1. The Morgan fingerprint density at radius 1 is 1.44 bits per heavy atom. The molecule has 1 rings (SSSR count). The fraction of sp³-hybridized carbons (Fsp3) is 0.417. The largest absolute Gasteiger partial charge is 0.379 e. The van der Waals surface area contributed by atoms with Crippen molar-refractivity contribution in [2.75, 3.05) is 11.9 Å². The molecule has 1 amide bonds. The number of hydrogen-bond donors (Lipinski definition) is 2. The summed E-state index contributed by atoms with van der Waals surface area (Å²) in [7, 11) is 0. The number of hydrogen-bond acceptors (Lipinski definition) is 4. The Bertz CT molecular complexity index is 446. The number of nitro groups is 1. The number of primary amides is 1. The van der Waals surface area contributed by atoms with Crippen molar-refractivity contribution in [2.45, 2.75) is 26.2 Å². The summed E-state index contributed by atoms with van der Waals surface area (Å²) in [6.07, 6.45) is 3.11. The van der Waals surface area contributed by atoms with Gasteiger partial charge in [-0.25, -0.2) is 0 Å². The average Bonchev–Trinajstić information content (AvgIpc) is 2.34. The number of nitro benzene ring substituents is 1. The lowest BCUT2D eigenvalue weighted by atomic mass is 10.1. The third-order valence-corrected chi connectivity index (χ3v) is 2.57. The summed E-state index contributed by atoms with van der Waals surface area (Å²) < 4.78 is 0. The number of unbranched alkanes of at least 4 members (excludes halogenated alkanes) is 2. The maximum Gasteiger partial charge on any atom is 0.293 e. The van der Waals surface area contributed by atoms with Gasteiger partial charge in [-0.2, -0.15) is 0 Å². The highest BCUT2D eigenvalue weighted by Gasteiger charge is 2.15. The number of carbonyl (C=O) groups is 1. The Morgan fingerprint density at radius 2 is 2.17 bits per heavy atom. The Balaban J connectivity index is 2.83. The first kappa shape index (κ1) is 14.0. The normalized spacial score (nSPS) is 10.1. The fourth-order valence-electron chi connectivity index (χ4n) is 1.58. The molecule has 0 atom stereocenters. The Labute approximate surface area is 105 Å². The fourth-order valence-corrected chi connectivity index (χ4v) is 1.58. The Hall–Kier alpha value is -2.11. The van der Waals surface area contributed by atoms with Crippen LogP contribution in [0.15, 0.2) is 18.2 Å². The standard InChI is InChI=1S/C12H17N3O3/c1-2-3-4-7-14-10-6-5-9(12(13)16)8-11(10)15(17)18/h5-6,8,14H,2-4,7H2,1H3,(H2,13,16). The predicted octanol–water partition coefficient (Wildman–Crippen LogP) is 2.30. The van der Waals surface area contributed by atoms with Gasteiger partial charge in [0, 0.05) is 18.2 Å². The molecule has 0 aromatic heterocycles. The van der Waals surface area contributed by atoms with Crippen molar-refractivity contribution in [1.82, 2.24) is 0 Å². The minimum Gasteiger partial charge on any atom is -0.379 e. The summed E-state index contributed by atoms with van der Waals surface area (Å²) in [5, 5.41) is 13.9. The molecule has 0 heterocycles. The minimum atomic E-state index is -0.671. The lowest BCUT2D eigenvalue weighted by Gasteiger charge is -2.07. The number of anilines is 1. The SMILES string of the molecule is CCCCCNc1ccc(C(N)=O)cc1[N+](=O)[O-]. The molecule has 0 spiro atoms. The molecule has 1 aromatic carbocycles. The number of benzene rings is 1. The molecule has 0 saturated heterocycles. The van der Waals surface area contributed by atoms with Crippen LogP contribution in [-0.2, 0) is 0 Å². The zero-order valence-corrected chi connectivity index (χ0v) is 10.3. The predicted molar refractivity (Wildman–Crippen MR) is 69.6 cm³/mol. The van der Waals surface area contributed by atoms with E-state index in [1.165, 1.54) is 18.2 Å². The molecule has 0 aliphatic carbocycles. The first-order valence-electron chi connectivity index (χ1n) is 5.88. The van der Waals surface area contributed by atoms with Gasteiger partial charge < -0.3 is 11.1 Å². The summed E-state index contributed by atoms with van der Waals surface area (Å²) in [6.45, 7) is 2.76. The summed E-state index contributed by atoms with van der Waals surface area (Å²) in [5.74, 6) is -0.671. The molecule has 0 saturated carbocycles. The minimum absolute atomic E-state index is 0.122. The van der Waals surface area contributed by atoms with E-state index in [4.69, 9.17) is 5.73 Å². The first-order chi connectivity index (χ1) is 8.56. The second-order valence-electron chi connectivity index (χ2n) is 3.99. The molecule has 18 heavy (non-hydrogen) atoms. The average molecular weight is 251 g/mol. The molecule has 0 aliphatic heterocycles. The summed E-state index contributed by atoms with van der Waals surface area (Å²) >= 11 is 0. The summed E-state index contributed by atoms with van der Waals surface area (Å²) in [4.78, 5) is 21.3. The second kappa shape index (κ2) is 6.58. The smallest absolute Gasteiger partial charge is 0.293 e. The van der Waals surface area contributed by atoms with Crippen LogP contribution >= 0.6 is 0 Å². The molecule has 0 radical (unpaired) electrons. The van der Waals surface area contributed by atoms with Crippen LogP contribution in [-0.4, -0.2) is 17.4 Å². The van der Waals surface area contributed by atoms with Crippen molar-refractivity contribution in [3.8, 4) is 0 Å². The van der Waals surface area contributed by atoms with E-state index < -0.39 is 10.8 Å². The molecule has 0 unspecified atom stereocenters. The van der Waals surface area contributed by atoms with E-state index >= 15 is 0 Å². The molecular formula is C12H17N3O3. The highest BCUT2D eigenvalue weighted by molar-refractivity contribution is 5.94. The van der Waals surface area contributed by atoms with Gasteiger partial charge >= 0.3 is 0 Å². The zero-order chi connectivity index (χ0) is 13.5. The van der Waals surface area contributed by atoms with Gasteiger partial charge in [0.25, 0.3) is 5.69 Å². The number of nitrogens with zero attached hydrogens (tertiary/aromatic N) is 1. The van der Waals surface area contributed by atoms with Crippen molar-refractivity contribution in [3.05, 3.63) is 33.9 Å². The maximum atomic E-state index is 11.0. The van der Waals surface area contributed by atoms with Gasteiger partial charge in [-0.3, -0.25) is 14.9 Å². The summed E-state index contributed by atoms with van der Waals surface area (Å²) in [6, 6.07) is 4.20. The zero-order valence-electron chi connectivity index (χ0n) is 10.3. The van der Waals surface area contributed by atoms with Gasteiger partial charge in [-0.1, -0.05) is 19.8 Å². The maximum absolute atomic E-state index is 11.0. The van der Waals surface area contributed by atoms with E-state index in [9.17, 15) is 14.9 Å². The molecule has 6 nitrogen and oxygen atoms in total. The van der Waals surface area contributed by atoms with Crippen LogP contribution in [0.3, 0.4) is 0 Å². The first-order valence-corrected chi connectivity index (χ1v) is 5.88. The van der Waals surface area contributed by atoms with Crippen LogP contribution in [0.4, 0.5) is 11.4 Å². The quantitative estimate of drug-likeness (QED) is 0.441. The molecule has 0 fully saturated rings. The van der Waals surface area contributed by atoms with Crippen molar-refractivity contribution >= 4 is 17.3 Å². The molecule has 0 bridgehead atoms. The molecule has 6 heteroatoms. The number of amides is 1. The van der Waals surface area contributed by atoms with Gasteiger partial charge in [0.2, 0.25) is 5.91 Å². The van der Waals surface area contributed by atoms with Gasteiger partial charge in [-0.05, 0) is 18.6 Å². The second-order valence-corrected chi connectivity index (χ2v) is 3.99. The molecule has 3 N–H and O–H groups in total.